The van der Waals surface area contributed by atoms with Crippen molar-refractivity contribution < 1.29 is 9.32 Å². The second-order valence-electron chi connectivity index (χ2n) is 4.47. The molecule has 1 aromatic rings. The fourth-order valence-electron chi connectivity index (χ4n) is 2.06. The summed E-state index contributed by atoms with van der Waals surface area (Å²) in [4.78, 5) is 15.5. The first kappa shape index (κ1) is 11.3. The van der Waals surface area contributed by atoms with Crippen LogP contribution in [0.3, 0.4) is 0 Å². The van der Waals surface area contributed by atoms with E-state index in [1.165, 1.54) is 0 Å². The maximum absolute atomic E-state index is 11.1. The Morgan fingerprint density at radius 2 is 2.12 bits per heavy atom. The molecule has 0 amide bonds. The monoisotopic (exact) mass is 222 g/mol. The summed E-state index contributed by atoms with van der Waals surface area (Å²) in [5, 5.41) is 3.98. The van der Waals surface area contributed by atoms with Gasteiger partial charge >= 0.3 is 0 Å². The molecule has 0 bridgehead atoms. The number of aryl methyl sites for hydroxylation is 1. The lowest BCUT2D eigenvalue weighted by atomic mass is 9.88. The summed E-state index contributed by atoms with van der Waals surface area (Å²) in [6.07, 6.45) is 6.20. The van der Waals surface area contributed by atoms with Gasteiger partial charge in [-0.15, -0.1) is 0 Å². The van der Waals surface area contributed by atoms with E-state index in [1.54, 1.807) is 0 Å². The van der Waals surface area contributed by atoms with Gasteiger partial charge in [-0.3, -0.25) is 4.79 Å². The van der Waals surface area contributed by atoms with Gasteiger partial charge in [-0.25, -0.2) is 0 Å². The molecule has 0 atom stereocenters. The molecule has 0 spiro atoms. The quantitative estimate of drug-likeness (QED) is 0.785. The third-order valence-corrected chi connectivity index (χ3v) is 3.13. The minimum Gasteiger partial charge on any atom is -0.339 e. The molecule has 1 heterocycles. The Balaban J connectivity index is 1.93. The number of ketones is 1. The zero-order valence-electron chi connectivity index (χ0n) is 9.74. The van der Waals surface area contributed by atoms with Crippen LogP contribution < -0.4 is 0 Å². The van der Waals surface area contributed by atoms with Crippen molar-refractivity contribution in [3.63, 3.8) is 0 Å². The summed E-state index contributed by atoms with van der Waals surface area (Å²) in [6.45, 7) is 2.15. The smallest absolute Gasteiger partial charge is 0.229 e. The number of aromatic nitrogens is 2. The van der Waals surface area contributed by atoms with Crippen LogP contribution in [0, 0.1) is 0 Å². The van der Waals surface area contributed by atoms with E-state index in [9.17, 15) is 4.79 Å². The van der Waals surface area contributed by atoms with Crippen molar-refractivity contribution in [2.45, 2.75) is 57.8 Å². The third-order valence-electron chi connectivity index (χ3n) is 3.13. The van der Waals surface area contributed by atoms with Crippen LogP contribution in [-0.2, 0) is 11.2 Å². The van der Waals surface area contributed by atoms with Crippen molar-refractivity contribution in [1.29, 1.82) is 0 Å². The number of nitrogens with zero attached hydrogens (tertiary/aromatic N) is 2. The molecule has 0 aliphatic heterocycles. The molecule has 16 heavy (non-hydrogen) atoms. The maximum Gasteiger partial charge on any atom is 0.229 e. The molecule has 4 nitrogen and oxygen atoms in total. The topological polar surface area (TPSA) is 56.0 Å². The number of carbonyl (C=O) groups excluding carboxylic acids is 1. The highest BCUT2D eigenvalue weighted by molar-refractivity contribution is 5.79. The standard InChI is InChI=1S/C12H18N2O2/c1-2-3-4-11-13-12(16-14-11)9-5-7-10(15)8-6-9/h9H,2-8H2,1H3. The van der Waals surface area contributed by atoms with Crippen molar-refractivity contribution in [2.24, 2.45) is 0 Å². The number of rotatable bonds is 4. The molecular weight excluding hydrogens is 204 g/mol. The largest absolute Gasteiger partial charge is 0.339 e. The Labute approximate surface area is 95.4 Å². The lowest BCUT2D eigenvalue weighted by Gasteiger charge is -2.16. The van der Waals surface area contributed by atoms with Crippen LogP contribution in [0.15, 0.2) is 4.52 Å². The van der Waals surface area contributed by atoms with Gasteiger partial charge in [0.2, 0.25) is 5.89 Å². The van der Waals surface area contributed by atoms with Crippen LogP contribution in [0.25, 0.3) is 0 Å². The zero-order valence-corrected chi connectivity index (χ0v) is 9.74. The minimum atomic E-state index is 0.306. The van der Waals surface area contributed by atoms with Crippen molar-refractivity contribution in [3.05, 3.63) is 11.7 Å². The summed E-state index contributed by atoms with van der Waals surface area (Å²) in [5.41, 5.74) is 0. The van der Waals surface area contributed by atoms with Gasteiger partial charge in [-0.2, -0.15) is 4.98 Å². The summed E-state index contributed by atoms with van der Waals surface area (Å²) in [7, 11) is 0. The second kappa shape index (κ2) is 5.23. The van der Waals surface area contributed by atoms with E-state index >= 15 is 0 Å². The summed E-state index contributed by atoms with van der Waals surface area (Å²) >= 11 is 0. The molecule has 1 fully saturated rings. The molecule has 0 N–H and O–H groups in total. The third kappa shape index (κ3) is 2.68. The molecule has 4 heteroatoms. The molecule has 0 unspecified atom stereocenters. The van der Waals surface area contributed by atoms with Crippen LogP contribution >= 0.6 is 0 Å². The lowest BCUT2D eigenvalue weighted by Crippen LogP contribution is -2.12. The molecule has 1 aliphatic rings. The average molecular weight is 222 g/mol. The van der Waals surface area contributed by atoms with E-state index in [-0.39, 0.29) is 0 Å². The first-order valence-electron chi connectivity index (χ1n) is 6.13. The summed E-state index contributed by atoms with van der Waals surface area (Å²) in [5.74, 6) is 2.22. The highest BCUT2D eigenvalue weighted by Crippen LogP contribution is 2.29. The number of carbonyl (C=O) groups is 1. The van der Waals surface area contributed by atoms with Gasteiger partial charge in [0, 0.05) is 25.2 Å². The predicted octanol–water partition coefficient (Wildman–Crippen LogP) is 2.64. The van der Waals surface area contributed by atoms with Crippen molar-refractivity contribution in [3.8, 4) is 0 Å². The predicted molar refractivity (Wildman–Crippen MR) is 59.1 cm³/mol. The van der Waals surface area contributed by atoms with Gasteiger partial charge in [-0.05, 0) is 19.3 Å². The van der Waals surface area contributed by atoms with Crippen molar-refractivity contribution in [1.82, 2.24) is 10.1 Å². The van der Waals surface area contributed by atoms with Gasteiger partial charge in [0.15, 0.2) is 5.82 Å². The maximum atomic E-state index is 11.1. The Hall–Kier alpha value is -1.19. The van der Waals surface area contributed by atoms with Gasteiger partial charge in [0.25, 0.3) is 0 Å². The van der Waals surface area contributed by atoms with Gasteiger partial charge in [-0.1, -0.05) is 18.5 Å². The number of Topliss-reactive ketones (excluding diaryl/α,β-unsaturated/α-hetero) is 1. The molecule has 1 aliphatic carbocycles. The normalized spacial score (nSPS) is 17.9. The molecule has 88 valence electrons. The minimum absolute atomic E-state index is 0.306. The second-order valence-corrected chi connectivity index (χ2v) is 4.47. The van der Waals surface area contributed by atoms with Crippen molar-refractivity contribution in [2.75, 3.05) is 0 Å². The fraction of sp³-hybridized carbons (Fsp3) is 0.750. The molecule has 0 aromatic carbocycles. The van der Waals surface area contributed by atoms with Crippen molar-refractivity contribution >= 4 is 5.78 Å². The zero-order chi connectivity index (χ0) is 11.4. The first-order chi connectivity index (χ1) is 7.79. The first-order valence-corrected chi connectivity index (χ1v) is 6.13. The van der Waals surface area contributed by atoms with E-state index in [4.69, 9.17) is 4.52 Å². The fourth-order valence-corrected chi connectivity index (χ4v) is 2.06. The Kier molecular flexibility index (Phi) is 3.70. The van der Waals surface area contributed by atoms with Crippen LogP contribution in [-0.4, -0.2) is 15.9 Å². The van der Waals surface area contributed by atoms with Gasteiger partial charge < -0.3 is 4.52 Å². The van der Waals surface area contributed by atoms with Gasteiger partial charge in [0.1, 0.15) is 5.78 Å². The van der Waals surface area contributed by atoms with E-state index in [2.05, 4.69) is 17.1 Å². The average Bonchev–Trinajstić information content (AvgIpc) is 2.76. The molecular formula is C12H18N2O2. The molecule has 1 saturated carbocycles. The number of unbranched alkanes of at least 4 members (excludes halogenated alkanes) is 1. The van der Waals surface area contributed by atoms with Crippen LogP contribution in [0.1, 0.15) is 63.1 Å². The van der Waals surface area contributed by atoms with Crippen LogP contribution in [0.4, 0.5) is 0 Å². The van der Waals surface area contributed by atoms with Gasteiger partial charge in [0.05, 0.1) is 0 Å². The van der Waals surface area contributed by atoms with Crippen LogP contribution in [0.2, 0.25) is 0 Å². The highest BCUT2D eigenvalue weighted by atomic mass is 16.5. The number of hydrogen-bond donors (Lipinski definition) is 0. The molecule has 0 radical (unpaired) electrons. The van der Waals surface area contributed by atoms with E-state index in [0.29, 0.717) is 24.5 Å². The SMILES string of the molecule is CCCCc1noc(C2CCC(=O)CC2)n1. The molecule has 2 rings (SSSR count). The molecule has 1 aromatic heterocycles. The van der Waals surface area contributed by atoms with E-state index in [1.807, 2.05) is 0 Å². The van der Waals surface area contributed by atoms with E-state index < -0.39 is 0 Å². The summed E-state index contributed by atoms with van der Waals surface area (Å²) < 4.78 is 5.26. The molecule has 0 saturated heterocycles. The van der Waals surface area contributed by atoms with E-state index in [0.717, 1.165) is 43.8 Å². The summed E-state index contributed by atoms with van der Waals surface area (Å²) in [6, 6.07) is 0. The Morgan fingerprint density at radius 3 is 2.81 bits per heavy atom. The lowest BCUT2D eigenvalue weighted by molar-refractivity contribution is -0.120. The Bertz CT molecular complexity index is 350. The highest BCUT2D eigenvalue weighted by Gasteiger charge is 2.24. The Morgan fingerprint density at radius 1 is 1.38 bits per heavy atom. The van der Waals surface area contributed by atoms with Crippen LogP contribution in [0.5, 0.6) is 0 Å². The number of hydrogen-bond acceptors (Lipinski definition) is 4.